The Bertz CT molecular complexity index is 1170. The van der Waals surface area contributed by atoms with Crippen molar-refractivity contribution in [1.29, 1.82) is 0 Å². The van der Waals surface area contributed by atoms with E-state index in [1.165, 1.54) is 0 Å². The van der Waals surface area contributed by atoms with Gasteiger partial charge in [0.25, 0.3) is 0 Å². The fourth-order valence-electron chi connectivity index (χ4n) is 4.42. The van der Waals surface area contributed by atoms with Gasteiger partial charge in [-0.1, -0.05) is 62.4 Å². The van der Waals surface area contributed by atoms with E-state index in [9.17, 15) is 19.2 Å². The van der Waals surface area contributed by atoms with Crippen LogP contribution in [0, 0.1) is 5.41 Å². The number of carbonyl (C=O) groups is 4. The van der Waals surface area contributed by atoms with Gasteiger partial charge >= 0.3 is 18.1 Å². The molecule has 39 heavy (non-hydrogen) atoms. The first-order chi connectivity index (χ1) is 18.4. The largest absolute Gasteiger partial charge is 0.508 e. The summed E-state index contributed by atoms with van der Waals surface area (Å²) in [6.45, 7) is 7.10. The minimum absolute atomic E-state index is 0.00744. The van der Waals surface area contributed by atoms with E-state index >= 15 is 0 Å². The van der Waals surface area contributed by atoms with Gasteiger partial charge in [-0.15, -0.1) is 0 Å². The highest BCUT2D eigenvalue weighted by atomic mass is 16.7. The van der Waals surface area contributed by atoms with Crippen LogP contribution in [-0.4, -0.2) is 54.5 Å². The molecule has 2 N–H and O–H groups in total. The first-order valence-electron chi connectivity index (χ1n) is 13.1. The molecule has 0 heterocycles. The second kappa shape index (κ2) is 13.3. The summed E-state index contributed by atoms with van der Waals surface area (Å²) in [5.41, 5.74) is 3.09. The number of hydrogen-bond acceptors (Lipinski definition) is 7. The molecule has 0 fully saturated rings. The number of esters is 1. The van der Waals surface area contributed by atoms with Crippen molar-refractivity contribution in [3.63, 3.8) is 0 Å². The molecule has 1 aliphatic rings. The molecular weight excluding hydrogens is 502 g/mol. The van der Waals surface area contributed by atoms with Crippen molar-refractivity contribution in [2.75, 3.05) is 13.2 Å². The third-order valence-corrected chi connectivity index (χ3v) is 6.35. The van der Waals surface area contributed by atoms with E-state index < -0.39 is 29.4 Å². The molecule has 0 unspecified atom stereocenters. The summed E-state index contributed by atoms with van der Waals surface area (Å²) in [6, 6.07) is 15.4. The molecule has 1 amide bonds. The Hall–Kier alpha value is -3.88. The van der Waals surface area contributed by atoms with Crippen molar-refractivity contribution in [3.05, 3.63) is 59.7 Å². The Kier molecular flexibility index (Phi) is 10.1. The summed E-state index contributed by atoms with van der Waals surface area (Å²) in [5, 5.41) is 11.8. The zero-order valence-electron chi connectivity index (χ0n) is 22.9. The summed E-state index contributed by atoms with van der Waals surface area (Å²) < 4.78 is 15.9. The predicted octanol–water partition coefficient (Wildman–Crippen LogP) is 4.86. The van der Waals surface area contributed by atoms with E-state index in [-0.39, 0.29) is 44.1 Å². The van der Waals surface area contributed by atoms with E-state index in [1.54, 1.807) is 13.8 Å². The number of aliphatic carboxylic acids is 1. The molecule has 0 saturated carbocycles. The second-order valence-corrected chi connectivity index (χ2v) is 10.9. The fourth-order valence-corrected chi connectivity index (χ4v) is 4.42. The van der Waals surface area contributed by atoms with Crippen LogP contribution in [0.4, 0.5) is 4.79 Å². The molecule has 0 spiro atoms. The van der Waals surface area contributed by atoms with Crippen LogP contribution < -0.4 is 5.32 Å². The van der Waals surface area contributed by atoms with Gasteiger partial charge in [0.05, 0.1) is 25.0 Å². The maximum Gasteiger partial charge on any atom is 0.508 e. The van der Waals surface area contributed by atoms with Crippen LogP contribution in [0.3, 0.4) is 0 Å². The van der Waals surface area contributed by atoms with E-state index in [0.29, 0.717) is 12.8 Å². The second-order valence-electron chi connectivity index (χ2n) is 10.9. The maximum absolute atomic E-state index is 13.4. The summed E-state index contributed by atoms with van der Waals surface area (Å²) in [7, 11) is 0. The standard InChI is InChI=1S/C30H37NO8/c1-19(2)39-29(36)38-18-30(3,4)17-37-28(35)25-16-23(31-26(32)12-13-27(33)34)14-22-11-10-21(15-24(22)25)20-8-6-5-7-9-20/h5-11,15,19,23,25H,12-14,16-18H2,1-4H3,(H,31,32)(H,33,34)/t23-,25+/m1/s1. The zero-order valence-corrected chi connectivity index (χ0v) is 22.9. The Labute approximate surface area is 228 Å². The molecule has 2 aromatic rings. The molecule has 9 nitrogen and oxygen atoms in total. The summed E-state index contributed by atoms with van der Waals surface area (Å²) >= 11 is 0. The third-order valence-electron chi connectivity index (χ3n) is 6.35. The van der Waals surface area contributed by atoms with Gasteiger partial charge in [0, 0.05) is 17.9 Å². The molecule has 0 radical (unpaired) electrons. The van der Waals surface area contributed by atoms with Crippen LogP contribution >= 0.6 is 0 Å². The molecule has 9 heteroatoms. The van der Waals surface area contributed by atoms with E-state index in [1.807, 2.05) is 62.4 Å². The lowest BCUT2D eigenvalue weighted by molar-refractivity contribution is -0.150. The predicted molar refractivity (Wildman–Crippen MR) is 144 cm³/mol. The van der Waals surface area contributed by atoms with Crippen molar-refractivity contribution in [2.45, 2.75) is 71.4 Å². The minimum Gasteiger partial charge on any atom is -0.481 e. The van der Waals surface area contributed by atoms with Gasteiger partial charge in [0.1, 0.15) is 6.61 Å². The Morgan fingerprint density at radius 3 is 2.33 bits per heavy atom. The number of ether oxygens (including phenoxy) is 3. The zero-order chi connectivity index (χ0) is 28.6. The van der Waals surface area contributed by atoms with Crippen molar-refractivity contribution in [1.82, 2.24) is 5.32 Å². The SMILES string of the molecule is CC(C)OC(=O)OCC(C)(C)COC(=O)[C@H]1C[C@H](NC(=O)CCC(=O)O)Cc2ccc(-c3ccccc3)cc21. The van der Waals surface area contributed by atoms with Crippen molar-refractivity contribution in [3.8, 4) is 11.1 Å². The molecular formula is C30H37NO8. The van der Waals surface area contributed by atoms with Crippen LogP contribution in [0.5, 0.6) is 0 Å². The quantitative estimate of drug-likeness (QED) is 0.387. The first kappa shape index (κ1) is 29.7. The number of carboxylic acid groups (broad SMARTS) is 1. The Morgan fingerprint density at radius 2 is 1.67 bits per heavy atom. The normalized spacial score (nSPS) is 16.6. The number of amides is 1. The average Bonchev–Trinajstić information content (AvgIpc) is 2.89. The molecule has 2 aromatic carbocycles. The average molecular weight is 540 g/mol. The van der Waals surface area contributed by atoms with E-state index in [2.05, 4.69) is 5.32 Å². The van der Waals surface area contributed by atoms with Crippen molar-refractivity contribution >= 4 is 24.0 Å². The number of fused-ring (bicyclic) bond motifs is 1. The van der Waals surface area contributed by atoms with E-state index in [0.717, 1.165) is 22.3 Å². The van der Waals surface area contributed by atoms with Crippen LogP contribution in [0.15, 0.2) is 48.5 Å². The van der Waals surface area contributed by atoms with Crippen LogP contribution in [-0.2, 0) is 35.0 Å². The van der Waals surface area contributed by atoms with Crippen molar-refractivity contribution in [2.24, 2.45) is 5.41 Å². The van der Waals surface area contributed by atoms with Gasteiger partial charge in [0.2, 0.25) is 5.91 Å². The number of carboxylic acids is 1. The molecule has 0 bridgehead atoms. The van der Waals surface area contributed by atoms with Gasteiger partial charge in [-0.2, -0.15) is 0 Å². The summed E-state index contributed by atoms with van der Waals surface area (Å²) in [6.07, 6.45) is -0.634. The number of benzene rings is 2. The molecule has 0 aromatic heterocycles. The number of hydrogen-bond donors (Lipinski definition) is 2. The molecule has 0 aliphatic heterocycles. The minimum atomic E-state index is -1.04. The third kappa shape index (κ3) is 9.12. The van der Waals surface area contributed by atoms with E-state index in [4.69, 9.17) is 19.3 Å². The molecule has 0 saturated heterocycles. The Balaban J connectivity index is 1.76. The highest BCUT2D eigenvalue weighted by Crippen LogP contribution is 2.36. The van der Waals surface area contributed by atoms with Gasteiger partial charge in [-0.3, -0.25) is 14.4 Å². The number of carbonyl (C=O) groups excluding carboxylic acids is 3. The van der Waals surface area contributed by atoms with Crippen molar-refractivity contribution < 1.29 is 38.5 Å². The topological polar surface area (TPSA) is 128 Å². The highest BCUT2D eigenvalue weighted by Gasteiger charge is 2.35. The molecule has 2 atom stereocenters. The molecule has 1 aliphatic carbocycles. The van der Waals surface area contributed by atoms with Gasteiger partial charge in [-0.05, 0) is 48.9 Å². The van der Waals surface area contributed by atoms with Crippen LogP contribution in [0.25, 0.3) is 11.1 Å². The molecule has 3 rings (SSSR count). The highest BCUT2D eigenvalue weighted by molar-refractivity contribution is 5.82. The first-order valence-corrected chi connectivity index (χ1v) is 13.1. The number of nitrogens with one attached hydrogen (secondary N) is 1. The summed E-state index contributed by atoms with van der Waals surface area (Å²) in [4.78, 5) is 48.4. The lowest BCUT2D eigenvalue weighted by Crippen LogP contribution is -2.42. The Morgan fingerprint density at radius 1 is 0.974 bits per heavy atom. The molecule has 210 valence electrons. The number of rotatable bonds is 11. The van der Waals surface area contributed by atoms with Gasteiger partial charge in [0.15, 0.2) is 0 Å². The smallest absolute Gasteiger partial charge is 0.481 e. The van der Waals surface area contributed by atoms with Crippen LogP contribution in [0.1, 0.15) is 64.0 Å². The monoisotopic (exact) mass is 539 g/mol. The fraction of sp³-hybridized carbons (Fsp3) is 0.467. The lowest BCUT2D eigenvalue weighted by Gasteiger charge is -2.32. The maximum atomic E-state index is 13.4. The van der Waals surface area contributed by atoms with Gasteiger partial charge < -0.3 is 24.6 Å². The van der Waals surface area contributed by atoms with Crippen LogP contribution in [0.2, 0.25) is 0 Å². The summed E-state index contributed by atoms with van der Waals surface area (Å²) in [5.74, 6) is -2.49. The lowest BCUT2D eigenvalue weighted by atomic mass is 9.78. The van der Waals surface area contributed by atoms with Gasteiger partial charge in [-0.25, -0.2) is 4.79 Å².